The highest BCUT2D eigenvalue weighted by Gasteiger charge is 2.09. The molecule has 0 atom stereocenters. The second-order valence-electron chi connectivity index (χ2n) is 2.82. The molecule has 14 heavy (non-hydrogen) atoms. The summed E-state index contributed by atoms with van der Waals surface area (Å²) in [4.78, 5) is 0. The first-order chi connectivity index (χ1) is 6.61. The lowest BCUT2D eigenvalue weighted by Gasteiger charge is -2.05. The van der Waals surface area contributed by atoms with Crippen LogP contribution in [0.1, 0.15) is 0 Å². The van der Waals surface area contributed by atoms with Gasteiger partial charge in [0.1, 0.15) is 0 Å². The van der Waals surface area contributed by atoms with E-state index in [1.807, 2.05) is 12.1 Å². The van der Waals surface area contributed by atoms with Crippen molar-refractivity contribution < 1.29 is 0 Å². The third kappa shape index (κ3) is 1.57. The van der Waals surface area contributed by atoms with E-state index < -0.39 is 0 Å². The van der Waals surface area contributed by atoms with Gasteiger partial charge in [-0.05, 0) is 17.5 Å². The maximum absolute atomic E-state index is 6.03. The van der Waals surface area contributed by atoms with E-state index >= 15 is 0 Å². The maximum atomic E-state index is 6.03. The minimum atomic E-state index is 0.441. The molecule has 0 amide bonds. The number of rotatable bonds is 0. The Morgan fingerprint density at radius 3 is 1.50 bits per heavy atom. The van der Waals surface area contributed by atoms with Crippen LogP contribution in [0.3, 0.4) is 0 Å². The second kappa shape index (κ2) is 3.79. The highest BCUT2D eigenvalue weighted by Crippen LogP contribution is 2.38. The number of fused-ring (bicyclic) bond motifs is 1. The molecule has 0 aromatic heterocycles. The molecule has 72 valence electrons. The Labute approximate surface area is 101 Å². The van der Waals surface area contributed by atoms with Crippen molar-refractivity contribution in [2.75, 3.05) is 0 Å². The molecule has 0 N–H and O–H groups in total. The molecule has 0 saturated carbocycles. The first-order valence-corrected chi connectivity index (χ1v) is 5.34. The number of halogens is 4. The summed E-state index contributed by atoms with van der Waals surface area (Å²) >= 11 is 23.8. The molecule has 0 heterocycles. The molecule has 4 heteroatoms. The zero-order valence-corrected chi connectivity index (χ0v) is 9.84. The second-order valence-corrected chi connectivity index (χ2v) is 4.39. The van der Waals surface area contributed by atoms with Crippen LogP contribution in [0.15, 0.2) is 24.3 Å². The van der Waals surface area contributed by atoms with E-state index in [4.69, 9.17) is 46.4 Å². The first kappa shape index (κ1) is 10.4. The van der Waals surface area contributed by atoms with E-state index in [9.17, 15) is 0 Å². The van der Waals surface area contributed by atoms with Gasteiger partial charge in [0.2, 0.25) is 0 Å². The molecule has 0 spiro atoms. The van der Waals surface area contributed by atoms with Gasteiger partial charge >= 0.3 is 0 Å². The van der Waals surface area contributed by atoms with E-state index in [1.54, 1.807) is 12.1 Å². The van der Waals surface area contributed by atoms with Crippen LogP contribution in [0.5, 0.6) is 0 Å². The quantitative estimate of drug-likeness (QED) is 0.594. The van der Waals surface area contributed by atoms with Crippen LogP contribution in [-0.4, -0.2) is 0 Å². The number of hydrogen-bond donors (Lipinski definition) is 0. The summed E-state index contributed by atoms with van der Waals surface area (Å²) in [6, 6.07) is 7.17. The lowest BCUT2D eigenvalue weighted by atomic mass is 10.1. The first-order valence-electron chi connectivity index (χ1n) is 3.83. The molecule has 2 rings (SSSR count). The predicted molar refractivity (Wildman–Crippen MR) is 64.0 cm³/mol. The summed E-state index contributed by atoms with van der Waals surface area (Å²) < 4.78 is 0. The van der Waals surface area contributed by atoms with E-state index in [-0.39, 0.29) is 0 Å². The van der Waals surface area contributed by atoms with Crippen LogP contribution in [0.2, 0.25) is 20.1 Å². The predicted octanol–water partition coefficient (Wildman–Crippen LogP) is 5.45. The molecule has 0 fully saturated rings. The standard InChI is InChI=1S/C10H4Cl4/c11-6-3-1-5-2-4-7(12)10(14)8(5)9(6)13/h1-4H. The average molecular weight is 266 g/mol. The van der Waals surface area contributed by atoms with Gasteiger partial charge in [0.15, 0.2) is 0 Å². The molecule has 2 aromatic rings. The van der Waals surface area contributed by atoms with Crippen LogP contribution in [-0.2, 0) is 0 Å². The topological polar surface area (TPSA) is 0 Å². The Morgan fingerprint density at radius 2 is 1.07 bits per heavy atom. The Bertz CT molecular complexity index is 462. The summed E-state index contributed by atoms with van der Waals surface area (Å²) in [5, 5.41) is 3.46. The number of hydrogen-bond acceptors (Lipinski definition) is 0. The van der Waals surface area contributed by atoms with Crippen LogP contribution >= 0.6 is 46.4 Å². The summed E-state index contributed by atoms with van der Waals surface area (Å²) in [7, 11) is 0. The van der Waals surface area contributed by atoms with Gasteiger partial charge in [-0.3, -0.25) is 0 Å². The molecule has 0 radical (unpaired) electrons. The molecular formula is C10H4Cl4. The van der Waals surface area contributed by atoms with Crippen LogP contribution in [0.4, 0.5) is 0 Å². The highest BCUT2D eigenvalue weighted by atomic mass is 35.5. The van der Waals surface area contributed by atoms with Gasteiger partial charge in [0.25, 0.3) is 0 Å². The monoisotopic (exact) mass is 264 g/mol. The molecule has 0 aliphatic rings. The van der Waals surface area contributed by atoms with Crippen molar-refractivity contribution >= 4 is 57.2 Å². The molecular weight excluding hydrogens is 262 g/mol. The van der Waals surface area contributed by atoms with Gasteiger partial charge in [-0.1, -0.05) is 58.5 Å². The van der Waals surface area contributed by atoms with Gasteiger partial charge in [-0.15, -0.1) is 0 Å². The Kier molecular flexibility index (Phi) is 2.81. The van der Waals surface area contributed by atoms with E-state index in [0.717, 1.165) is 5.39 Å². The largest absolute Gasteiger partial charge is 0.0827 e. The smallest absolute Gasteiger partial charge is 0.0686 e. The lowest BCUT2D eigenvalue weighted by molar-refractivity contribution is 1.74. The minimum absolute atomic E-state index is 0.441. The fourth-order valence-corrected chi connectivity index (χ4v) is 2.18. The fourth-order valence-electron chi connectivity index (χ4n) is 1.28. The molecule has 2 aromatic carbocycles. The van der Waals surface area contributed by atoms with Crippen LogP contribution in [0.25, 0.3) is 10.8 Å². The van der Waals surface area contributed by atoms with Crippen LogP contribution in [0, 0.1) is 0 Å². The van der Waals surface area contributed by atoms with E-state index in [0.29, 0.717) is 25.5 Å². The Morgan fingerprint density at radius 1 is 0.643 bits per heavy atom. The average Bonchev–Trinajstić information content (AvgIpc) is 2.17. The van der Waals surface area contributed by atoms with Crippen molar-refractivity contribution in [3.63, 3.8) is 0 Å². The minimum Gasteiger partial charge on any atom is -0.0827 e. The maximum Gasteiger partial charge on any atom is 0.0686 e. The summed E-state index contributed by atoms with van der Waals surface area (Å²) in [5.41, 5.74) is 0. The summed E-state index contributed by atoms with van der Waals surface area (Å²) in [5.74, 6) is 0. The zero-order valence-electron chi connectivity index (χ0n) is 6.82. The Hall–Kier alpha value is -0.140. The van der Waals surface area contributed by atoms with Crippen molar-refractivity contribution in [3.8, 4) is 0 Å². The molecule has 0 unspecified atom stereocenters. The van der Waals surface area contributed by atoms with Crippen molar-refractivity contribution in [2.45, 2.75) is 0 Å². The zero-order chi connectivity index (χ0) is 10.3. The van der Waals surface area contributed by atoms with E-state index in [2.05, 4.69) is 0 Å². The Balaban J connectivity index is 2.98. The van der Waals surface area contributed by atoms with E-state index in [1.165, 1.54) is 0 Å². The molecule has 0 aliphatic carbocycles. The fraction of sp³-hybridized carbons (Fsp3) is 0. The lowest BCUT2D eigenvalue weighted by Crippen LogP contribution is -1.78. The normalized spacial score (nSPS) is 10.9. The number of benzene rings is 2. The van der Waals surface area contributed by atoms with Gasteiger partial charge in [-0.25, -0.2) is 0 Å². The third-order valence-electron chi connectivity index (χ3n) is 1.97. The molecule has 0 aliphatic heterocycles. The molecule has 0 bridgehead atoms. The van der Waals surface area contributed by atoms with Crippen LogP contribution < -0.4 is 0 Å². The highest BCUT2D eigenvalue weighted by molar-refractivity contribution is 6.50. The summed E-state index contributed by atoms with van der Waals surface area (Å²) in [6.07, 6.45) is 0. The van der Waals surface area contributed by atoms with Gasteiger partial charge in [-0.2, -0.15) is 0 Å². The van der Waals surface area contributed by atoms with Crippen molar-refractivity contribution in [3.05, 3.63) is 44.4 Å². The molecule has 0 nitrogen and oxygen atoms in total. The molecule has 0 saturated heterocycles. The van der Waals surface area contributed by atoms with Gasteiger partial charge in [0, 0.05) is 5.39 Å². The van der Waals surface area contributed by atoms with Crippen molar-refractivity contribution in [1.82, 2.24) is 0 Å². The third-order valence-corrected chi connectivity index (χ3v) is 3.57. The van der Waals surface area contributed by atoms with Gasteiger partial charge in [0.05, 0.1) is 20.1 Å². The van der Waals surface area contributed by atoms with Gasteiger partial charge < -0.3 is 0 Å². The SMILES string of the molecule is Clc1ccc2ccc(Cl)c(Cl)c2c1Cl. The van der Waals surface area contributed by atoms with Crippen molar-refractivity contribution in [1.29, 1.82) is 0 Å². The van der Waals surface area contributed by atoms with Crippen molar-refractivity contribution in [2.24, 2.45) is 0 Å². The summed E-state index contributed by atoms with van der Waals surface area (Å²) in [6.45, 7) is 0.